The molecule has 0 unspecified atom stereocenters. The Balaban J connectivity index is 2.51. The highest BCUT2D eigenvalue weighted by Gasteiger charge is 2.09. The molecule has 72 valence electrons. The van der Waals surface area contributed by atoms with Crippen molar-refractivity contribution in [3.05, 3.63) is 28.7 Å². The van der Waals surface area contributed by atoms with Crippen LogP contribution in [0.4, 0.5) is 4.79 Å². The fourth-order valence-electron chi connectivity index (χ4n) is 1.14. The van der Waals surface area contributed by atoms with Crippen molar-refractivity contribution >= 4 is 33.1 Å². The molecular formula is C9H5BrO4. The second-order valence-electron chi connectivity index (χ2n) is 2.59. The molecule has 0 bridgehead atoms. The van der Waals surface area contributed by atoms with E-state index in [0.717, 1.165) is 9.86 Å². The van der Waals surface area contributed by atoms with Gasteiger partial charge < -0.3 is 14.3 Å². The van der Waals surface area contributed by atoms with E-state index in [9.17, 15) is 4.79 Å². The topological polar surface area (TPSA) is 59.7 Å². The molecule has 14 heavy (non-hydrogen) atoms. The van der Waals surface area contributed by atoms with Crippen LogP contribution in [0, 0.1) is 0 Å². The molecular weight excluding hydrogens is 252 g/mol. The smallest absolute Gasteiger partial charge is 0.449 e. The monoisotopic (exact) mass is 256 g/mol. The molecule has 1 heterocycles. The van der Waals surface area contributed by atoms with Crippen molar-refractivity contribution in [2.24, 2.45) is 0 Å². The van der Waals surface area contributed by atoms with Gasteiger partial charge in [0, 0.05) is 11.5 Å². The van der Waals surface area contributed by atoms with E-state index in [1.165, 1.54) is 6.07 Å². The SMILES string of the molecule is O=C(O)Oc1cc2cccc(Br)c2o1. The van der Waals surface area contributed by atoms with Gasteiger partial charge in [-0.15, -0.1) is 0 Å². The maximum absolute atomic E-state index is 10.2. The maximum Gasteiger partial charge on any atom is 0.513 e. The van der Waals surface area contributed by atoms with Crippen molar-refractivity contribution in [3.63, 3.8) is 0 Å². The molecule has 1 N–H and O–H groups in total. The lowest BCUT2D eigenvalue weighted by molar-refractivity contribution is 0.134. The molecule has 5 heteroatoms. The van der Waals surface area contributed by atoms with Gasteiger partial charge in [0.15, 0.2) is 5.58 Å². The van der Waals surface area contributed by atoms with Crippen molar-refractivity contribution in [1.82, 2.24) is 0 Å². The van der Waals surface area contributed by atoms with Crippen LogP contribution in [0.2, 0.25) is 0 Å². The van der Waals surface area contributed by atoms with E-state index in [4.69, 9.17) is 9.52 Å². The zero-order valence-electron chi connectivity index (χ0n) is 6.86. The first-order valence-corrected chi connectivity index (χ1v) is 4.55. The molecule has 0 saturated heterocycles. The number of rotatable bonds is 1. The highest BCUT2D eigenvalue weighted by molar-refractivity contribution is 9.10. The van der Waals surface area contributed by atoms with Crippen LogP contribution in [-0.2, 0) is 0 Å². The Bertz CT molecular complexity index is 489. The molecule has 2 rings (SSSR count). The first-order valence-electron chi connectivity index (χ1n) is 3.75. The van der Waals surface area contributed by atoms with E-state index >= 15 is 0 Å². The highest BCUT2D eigenvalue weighted by atomic mass is 79.9. The minimum Gasteiger partial charge on any atom is -0.449 e. The highest BCUT2D eigenvalue weighted by Crippen LogP contribution is 2.30. The standard InChI is InChI=1S/C9H5BrO4/c10-6-3-1-2-5-4-7(13-8(5)6)14-9(11)12/h1-4H,(H,11,12). The van der Waals surface area contributed by atoms with Crippen molar-refractivity contribution in [3.8, 4) is 5.95 Å². The van der Waals surface area contributed by atoms with Crippen LogP contribution < -0.4 is 4.74 Å². The average Bonchev–Trinajstić information content (AvgIpc) is 2.47. The fraction of sp³-hybridized carbons (Fsp3) is 0. The van der Waals surface area contributed by atoms with Gasteiger partial charge in [-0.3, -0.25) is 0 Å². The number of benzene rings is 1. The van der Waals surface area contributed by atoms with E-state index in [2.05, 4.69) is 20.7 Å². The molecule has 0 aliphatic heterocycles. The Hall–Kier alpha value is -1.49. The van der Waals surface area contributed by atoms with E-state index in [1.54, 1.807) is 12.1 Å². The summed E-state index contributed by atoms with van der Waals surface area (Å²) in [7, 11) is 0. The van der Waals surface area contributed by atoms with Crippen LogP contribution in [0.5, 0.6) is 5.95 Å². The molecule has 0 saturated carbocycles. The third-order valence-electron chi connectivity index (χ3n) is 1.66. The second kappa shape index (κ2) is 3.34. The number of carbonyl (C=O) groups is 1. The third-order valence-corrected chi connectivity index (χ3v) is 2.29. The molecule has 0 atom stereocenters. The lowest BCUT2D eigenvalue weighted by Crippen LogP contribution is -2.01. The van der Waals surface area contributed by atoms with Gasteiger partial charge in [-0.05, 0) is 22.0 Å². The molecule has 4 nitrogen and oxygen atoms in total. The van der Waals surface area contributed by atoms with Gasteiger partial charge in [0.2, 0.25) is 0 Å². The molecule has 0 amide bonds. The summed E-state index contributed by atoms with van der Waals surface area (Å²) in [6, 6.07) is 6.95. The van der Waals surface area contributed by atoms with Crippen LogP contribution in [0.1, 0.15) is 0 Å². The number of para-hydroxylation sites is 1. The second-order valence-corrected chi connectivity index (χ2v) is 3.45. The molecule has 2 aromatic rings. The Morgan fingerprint density at radius 2 is 2.29 bits per heavy atom. The third kappa shape index (κ3) is 1.58. The summed E-state index contributed by atoms with van der Waals surface area (Å²) >= 11 is 3.28. The zero-order chi connectivity index (χ0) is 10.1. The van der Waals surface area contributed by atoms with Crippen LogP contribution in [0.15, 0.2) is 33.2 Å². The minimum atomic E-state index is -1.39. The van der Waals surface area contributed by atoms with E-state index < -0.39 is 6.16 Å². The molecule has 1 aromatic carbocycles. The number of ether oxygens (including phenoxy) is 1. The van der Waals surface area contributed by atoms with Crippen molar-refractivity contribution in [1.29, 1.82) is 0 Å². The number of furan rings is 1. The molecule has 0 aliphatic rings. The van der Waals surface area contributed by atoms with E-state index in [1.807, 2.05) is 6.07 Å². The van der Waals surface area contributed by atoms with Crippen molar-refractivity contribution in [2.45, 2.75) is 0 Å². The van der Waals surface area contributed by atoms with Crippen LogP contribution in [-0.4, -0.2) is 11.3 Å². The van der Waals surface area contributed by atoms with Gasteiger partial charge in [-0.1, -0.05) is 12.1 Å². The maximum atomic E-state index is 10.2. The van der Waals surface area contributed by atoms with Gasteiger partial charge in [0.25, 0.3) is 5.95 Å². The van der Waals surface area contributed by atoms with Crippen molar-refractivity contribution in [2.75, 3.05) is 0 Å². The predicted molar refractivity (Wildman–Crippen MR) is 52.6 cm³/mol. The van der Waals surface area contributed by atoms with Gasteiger partial charge in [-0.2, -0.15) is 0 Å². The molecule has 0 radical (unpaired) electrons. The Labute approximate surface area is 87.2 Å². The number of halogens is 1. The normalized spacial score (nSPS) is 10.4. The summed E-state index contributed by atoms with van der Waals surface area (Å²) in [5.41, 5.74) is 0.573. The largest absolute Gasteiger partial charge is 0.513 e. The summed E-state index contributed by atoms with van der Waals surface area (Å²) in [5.74, 6) is -0.0283. The fourth-order valence-corrected chi connectivity index (χ4v) is 1.60. The number of carboxylic acid groups (broad SMARTS) is 1. The lowest BCUT2D eigenvalue weighted by atomic mass is 10.3. The van der Waals surface area contributed by atoms with Gasteiger partial charge in [0.1, 0.15) is 0 Å². The van der Waals surface area contributed by atoms with Crippen LogP contribution in [0.3, 0.4) is 0 Å². The Kier molecular flexibility index (Phi) is 2.17. The lowest BCUT2D eigenvalue weighted by Gasteiger charge is -1.91. The summed E-state index contributed by atoms with van der Waals surface area (Å²) in [5, 5.41) is 9.16. The van der Waals surface area contributed by atoms with Crippen LogP contribution in [0.25, 0.3) is 11.0 Å². The number of hydrogen-bond donors (Lipinski definition) is 1. The number of hydrogen-bond acceptors (Lipinski definition) is 3. The quantitative estimate of drug-likeness (QED) is 0.796. The summed E-state index contributed by atoms with van der Waals surface area (Å²) in [6.07, 6.45) is -1.39. The molecule has 0 fully saturated rings. The number of fused-ring (bicyclic) bond motifs is 1. The average molecular weight is 257 g/mol. The predicted octanol–water partition coefficient (Wildman–Crippen LogP) is 3.25. The molecule has 0 aliphatic carbocycles. The van der Waals surface area contributed by atoms with E-state index in [-0.39, 0.29) is 5.95 Å². The first kappa shape index (κ1) is 9.08. The summed E-state index contributed by atoms with van der Waals surface area (Å²) in [4.78, 5) is 10.2. The van der Waals surface area contributed by atoms with Gasteiger partial charge in [-0.25, -0.2) is 4.79 Å². The first-order chi connectivity index (χ1) is 6.66. The zero-order valence-corrected chi connectivity index (χ0v) is 8.45. The van der Waals surface area contributed by atoms with Crippen LogP contribution >= 0.6 is 15.9 Å². The molecule has 0 spiro atoms. The minimum absolute atomic E-state index is 0.0283. The van der Waals surface area contributed by atoms with Gasteiger partial charge >= 0.3 is 6.16 Å². The summed E-state index contributed by atoms with van der Waals surface area (Å²) in [6.45, 7) is 0. The van der Waals surface area contributed by atoms with Crippen molar-refractivity contribution < 1.29 is 19.1 Å². The van der Waals surface area contributed by atoms with Gasteiger partial charge in [0.05, 0.1) is 4.47 Å². The summed E-state index contributed by atoms with van der Waals surface area (Å²) < 4.78 is 10.3. The Morgan fingerprint density at radius 3 is 2.93 bits per heavy atom. The Morgan fingerprint density at radius 1 is 1.50 bits per heavy atom. The van der Waals surface area contributed by atoms with E-state index in [0.29, 0.717) is 5.58 Å². The molecule has 1 aromatic heterocycles.